The molecule has 0 bridgehead atoms. The molecule has 0 saturated carbocycles. The zero-order chi connectivity index (χ0) is 14.0. The summed E-state index contributed by atoms with van der Waals surface area (Å²) >= 11 is 0. The van der Waals surface area contributed by atoms with E-state index in [0.717, 1.165) is 0 Å². The van der Waals surface area contributed by atoms with Crippen LogP contribution in [0.25, 0.3) is 0 Å². The van der Waals surface area contributed by atoms with Crippen LogP contribution in [0.3, 0.4) is 0 Å². The van der Waals surface area contributed by atoms with E-state index in [-0.39, 0.29) is 11.2 Å². The van der Waals surface area contributed by atoms with Gasteiger partial charge in [0, 0.05) is 12.2 Å². The molecule has 0 spiro atoms. The molecule has 19 heavy (non-hydrogen) atoms. The second-order valence-corrected chi connectivity index (χ2v) is 7.60. The highest BCUT2D eigenvalue weighted by Gasteiger charge is 2.43. The van der Waals surface area contributed by atoms with Gasteiger partial charge in [-0.1, -0.05) is 0 Å². The van der Waals surface area contributed by atoms with Gasteiger partial charge in [-0.05, 0) is 24.3 Å². The number of nitrogens with one attached hydrogen (secondary N) is 1. The van der Waals surface area contributed by atoms with E-state index in [1.807, 2.05) is 0 Å². The number of aromatic hydroxyl groups is 1. The van der Waals surface area contributed by atoms with Crippen molar-refractivity contribution >= 4 is 20.9 Å². The molecule has 8 N–H and O–H groups in total. The summed E-state index contributed by atoms with van der Waals surface area (Å²) in [6.07, 6.45) is 0. The zero-order valence-electron chi connectivity index (χ0n) is 9.54. The third kappa shape index (κ3) is 5.71. The van der Waals surface area contributed by atoms with Crippen molar-refractivity contribution in [1.29, 1.82) is 0 Å². The Morgan fingerprint density at radius 2 is 1.42 bits per heavy atom. The van der Waals surface area contributed by atoms with Crippen molar-refractivity contribution in [3.05, 3.63) is 24.3 Å². The molecule has 1 aromatic rings. The quantitative estimate of drug-likeness (QED) is 0.315. The summed E-state index contributed by atoms with van der Waals surface area (Å²) in [6, 6.07) is 5.47. The second-order valence-electron chi connectivity index (χ2n) is 3.59. The first-order valence-electron chi connectivity index (χ1n) is 4.74. The van der Waals surface area contributed by atoms with Gasteiger partial charge in [-0.15, -0.1) is 0 Å². The molecule has 0 aliphatic rings. The molecule has 0 saturated heterocycles. The van der Waals surface area contributed by atoms with Crippen LogP contribution in [-0.4, -0.2) is 42.1 Å². The molecule has 1 aromatic carbocycles. The van der Waals surface area contributed by atoms with Crippen molar-refractivity contribution in [3.63, 3.8) is 0 Å². The lowest BCUT2D eigenvalue weighted by Crippen LogP contribution is -2.20. The summed E-state index contributed by atoms with van der Waals surface area (Å²) in [7, 11) is -9.84. The molecule has 0 aliphatic heterocycles. The molecule has 0 amide bonds. The number of phenols is 1. The largest absolute Gasteiger partial charge is 0.508 e. The van der Waals surface area contributed by atoms with Crippen molar-refractivity contribution in [3.8, 4) is 5.75 Å². The molecule has 0 heterocycles. The standard InChI is InChI=1S/C8H13NO7P2.H2O/c10-7-3-1-6(2-4-7)9-5-8(17(11,12)13)18(14,15)16;/h1-4,8-10H,5H2,(H2,11,12,13)(H2,14,15,16);1H2. The Labute approximate surface area is 108 Å². The summed E-state index contributed by atoms with van der Waals surface area (Å²) in [5.41, 5.74) is 0.375. The Hall–Kier alpha value is -0.920. The highest BCUT2D eigenvalue weighted by molar-refractivity contribution is 7.70. The van der Waals surface area contributed by atoms with Crippen molar-refractivity contribution < 1.29 is 39.3 Å². The number of rotatable bonds is 5. The van der Waals surface area contributed by atoms with Crippen LogP contribution in [0, 0.1) is 0 Å². The fourth-order valence-electron chi connectivity index (χ4n) is 1.22. The molecule has 0 aliphatic carbocycles. The van der Waals surface area contributed by atoms with Crippen LogP contribution in [0.2, 0.25) is 0 Å². The SMILES string of the molecule is O.O=P(O)(O)C(CNc1ccc(O)cc1)P(=O)(O)O. The number of hydrogen-bond donors (Lipinski definition) is 6. The Morgan fingerprint density at radius 3 is 1.79 bits per heavy atom. The normalized spacial score (nSPS) is 12.1. The van der Waals surface area contributed by atoms with E-state index in [0.29, 0.717) is 5.69 Å². The fourth-order valence-corrected chi connectivity index (χ4v) is 3.45. The van der Waals surface area contributed by atoms with Gasteiger partial charge in [0.15, 0.2) is 5.40 Å². The van der Waals surface area contributed by atoms with Gasteiger partial charge in [-0.3, -0.25) is 9.13 Å². The van der Waals surface area contributed by atoms with E-state index >= 15 is 0 Å². The molecule has 110 valence electrons. The third-order valence-electron chi connectivity index (χ3n) is 2.13. The summed E-state index contributed by atoms with van der Waals surface area (Å²) < 4.78 is 22.0. The van der Waals surface area contributed by atoms with E-state index in [2.05, 4.69) is 5.32 Å². The Balaban J connectivity index is 0.00000324. The zero-order valence-corrected chi connectivity index (χ0v) is 11.3. The minimum absolute atomic E-state index is 0. The van der Waals surface area contributed by atoms with Crippen LogP contribution in [0.5, 0.6) is 5.75 Å². The van der Waals surface area contributed by atoms with Crippen LogP contribution < -0.4 is 5.32 Å². The monoisotopic (exact) mass is 315 g/mol. The number of hydrogen-bond acceptors (Lipinski definition) is 4. The van der Waals surface area contributed by atoms with Crippen LogP contribution in [0.4, 0.5) is 5.69 Å². The first-order chi connectivity index (χ1) is 8.10. The Morgan fingerprint density at radius 1 is 1.00 bits per heavy atom. The van der Waals surface area contributed by atoms with Crippen LogP contribution in [0.1, 0.15) is 0 Å². The van der Waals surface area contributed by atoms with Crippen molar-refractivity contribution in [2.45, 2.75) is 5.40 Å². The van der Waals surface area contributed by atoms with Crippen LogP contribution >= 0.6 is 15.2 Å². The smallest absolute Gasteiger partial charge is 0.342 e. The minimum Gasteiger partial charge on any atom is -0.508 e. The van der Waals surface area contributed by atoms with E-state index < -0.39 is 27.1 Å². The summed E-state index contributed by atoms with van der Waals surface area (Å²) in [6.45, 7) is -0.584. The summed E-state index contributed by atoms with van der Waals surface area (Å²) in [5, 5.41) is 9.41. The van der Waals surface area contributed by atoms with E-state index in [1.54, 1.807) is 0 Å². The fraction of sp³-hybridized carbons (Fsp3) is 0.250. The van der Waals surface area contributed by atoms with Gasteiger partial charge in [0.1, 0.15) is 5.75 Å². The third-order valence-corrected chi connectivity index (χ3v) is 5.86. The maximum atomic E-state index is 11.0. The van der Waals surface area contributed by atoms with Gasteiger partial charge >= 0.3 is 15.2 Å². The van der Waals surface area contributed by atoms with Gasteiger partial charge in [0.2, 0.25) is 0 Å². The molecule has 0 fully saturated rings. The van der Waals surface area contributed by atoms with Gasteiger partial charge in [-0.25, -0.2) is 0 Å². The lowest BCUT2D eigenvalue weighted by Gasteiger charge is -2.20. The van der Waals surface area contributed by atoms with Gasteiger partial charge in [0.25, 0.3) is 0 Å². The van der Waals surface area contributed by atoms with E-state index in [4.69, 9.17) is 24.7 Å². The lowest BCUT2D eigenvalue weighted by molar-refractivity contribution is 0.340. The molecule has 0 aromatic heterocycles. The van der Waals surface area contributed by atoms with Crippen molar-refractivity contribution in [1.82, 2.24) is 0 Å². The predicted molar refractivity (Wildman–Crippen MR) is 68.1 cm³/mol. The van der Waals surface area contributed by atoms with Gasteiger partial charge in [0.05, 0.1) is 0 Å². The summed E-state index contributed by atoms with van der Waals surface area (Å²) in [5.74, 6) is 0.00192. The number of benzene rings is 1. The lowest BCUT2D eigenvalue weighted by atomic mass is 10.3. The predicted octanol–water partition coefficient (Wildman–Crippen LogP) is -0.339. The highest BCUT2D eigenvalue weighted by atomic mass is 31.2. The van der Waals surface area contributed by atoms with E-state index in [1.165, 1.54) is 24.3 Å². The van der Waals surface area contributed by atoms with Crippen LogP contribution in [-0.2, 0) is 9.13 Å². The molecule has 9 nitrogen and oxygen atoms in total. The maximum Gasteiger partial charge on any atom is 0.342 e. The van der Waals surface area contributed by atoms with E-state index in [9.17, 15) is 9.13 Å². The first-order valence-corrected chi connectivity index (χ1v) is 8.10. The summed E-state index contributed by atoms with van der Waals surface area (Å²) in [4.78, 5) is 35.5. The van der Waals surface area contributed by atoms with Gasteiger partial charge < -0.3 is 35.5 Å². The minimum atomic E-state index is -4.92. The topological polar surface area (TPSA) is 179 Å². The highest BCUT2D eigenvalue weighted by Crippen LogP contribution is 2.59. The average molecular weight is 315 g/mol. The molecule has 0 unspecified atom stereocenters. The van der Waals surface area contributed by atoms with Crippen molar-refractivity contribution in [2.24, 2.45) is 0 Å². The van der Waals surface area contributed by atoms with Crippen LogP contribution in [0.15, 0.2) is 24.3 Å². The molecule has 1 rings (SSSR count). The van der Waals surface area contributed by atoms with Crippen molar-refractivity contribution in [2.75, 3.05) is 11.9 Å². The molecule has 0 atom stereocenters. The second kappa shape index (κ2) is 6.49. The molecule has 11 heteroatoms. The molecular formula is C8H15NO8P2. The Kier molecular flexibility index (Phi) is 6.18. The number of phenolic OH excluding ortho intramolecular Hbond substituents is 1. The number of anilines is 1. The Bertz CT molecular complexity index is 470. The first kappa shape index (κ1) is 18.1. The molecular weight excluding hydrogens is 300 g/mol. The van der Waals surface area contributed by atoms with Gasteiger partial charge in [-0.2, -0.15) is 0 Å². The average Bonchev–Trinajstić information content (AvgIpc) is 2.17. The molecule has 0 radical (unpaired) electrons. The maximum absolute atomic E-state index is 11.0.